The molecule has 0 fully saturated rings. The molecule has 172 valence electrons. The zero-order chi connectivity index (χ0) is 24.1. The minimum atomic E-state index is -4.38. The number of nitrogens with two attached hydrogens (primary N) is 2. The number of amides is 1. The second-order valence-electron chi connectivity index (χ2n) is 6.29. The monoisotopic (exact) mass is 488 g/mol. The molecule has 0 radical (unpaired) electrons. The molecule has 0 heterocycles. The lowest BCUT2D eigenvalue weighted by molar-refractivity contribution is -0.114. The van der Waals surface area contributed by atoms with Crippen molar-refractivity contribution in [3.05, 3.63) is 59.2 Å². The number of benzene rings is 2. The van der Waals surface area contributed by atoms with E-state index in [2.05, 4.69) is 9.71 Å². The quantitative estimate of drug-likeness (QED) is 0.161. The summed E-state index contributed by atoms with van der Waals surface area (Å²) in [4.78, 5) is 32.8. The SMILES string of the molecule is C/C(=C\c1cc(F)c(Oc2ccc(S(=O)NCP(=O)(O)O)cc2)c(F)c1)C(=O)N=C(N)N. The molecular formula is C18H19F2N4O6PS. The van der Waals surface area contributed by atoms with Gasteiger partial charge in [-0.2, -0.15) is 4.99 Å². The average molecular weight is 488 g/mol. The molecule has 2 aromatic carbocycles. The largest absolute Gasteiger partial charge is 0.451 e. The number of hydrogen-bond acceptors (Lipinski definition) is 4. The molecule has 0 aliphatic heterocycles. The van der Waals surface area contributed by atoms with Gasteiger partial charge in [0.2, 0.25) is 0 Å². The van der Waals surface area contributed by atoms with E-state index in [-0.39, 0.29) is 21.8 Å². The third-order valence-corrected chi connectivity index (χ3v) is 5.52. The van der Waals surface area contributed by atoms with Crippen LogP contribution in [-0.2, 0) is 20.3 Å². The number of hydrogen-bond donors (Lipinski definition) is 5. The highest BCUT2D eigenvalue weighted by molar-refractivity contribution is 7.83. The fourth-order valence-corrected chi connectivity index (χ4v) is 3.94. The van der Waals surface area contributed by atoms with Crippen LogP contribution in [-0.4, -0.2) is 32.1 Å². The first-order chi connectivity index (χ1) is 14.9. The van der Waals surface area contributed by atoms with Gasteiger partial charge in [-0.3, -0.25) is 9.36 Å². The highest BCUT2D eigenvalue weighted by atomic mass is 32.2. The molecule has 2 rings (SSSR count). The van der Waals surface area contributed by atoms with E-state index in [0.717, 1.165) is 12.1 Å². The summed E-state index contributed by atoms with van der Waals surface area (Å²) in [5.74, 6) is -4.00. The Morgan fingerprint density at radius 1 is 1.22 bits per heavy atom. The standard InChI is InChI=1S/C18H19F2N4O6PS/c1-10(17(25)24-18(21)22)6-11-7-14(19)16(15(20)8-11)30-12-2-4-13(5-3-12)32(29)23-9-31(26,27)28/h2-8,23H,9H2,1H3,(H2,26,27,28)(H4,21,22,24,25)/b10-6+. The van der Waals surface area contributed by atoms with Gasteiger partial charge in [0.05, 0.1) is 4.90 Å². The predicted molar refractivity (Wildman–Crippen MR) is 114 cm³/mol. The topological polar surface area (TPSA) is 177 Å². The minimum Gasteiger partial charge on any atom is -0.451 e. The van der Waals surface area contributed by atoms with Gasteiger partial charge in [0, 0.05) is 5.57 Å². The molecule has 0 saturated heterocycles. The lowest BCUT2D eigenvalue weighted by atomic mass is 10.1. The van der Waals surface area contributed by atoms with Gasteiger partial charge in [-0.05, 0) is 55.0 Å². The van der Waals surface area contributed by atoms with Crippen LogP contribution in [0.1, 0.15) is 12.5 Å². The smallest absolute Gasteiger partial charge is 0.340 e. The molecule has 32 heavy (non-hydrogen) atoms. The first kappa shape index (κ1) is 25.3. The molecule has 0 aliphatic rings. The molecule has 1 amide bonds. The summed E-state index contributed by atoms with van der Waals surface area (Å²) in [7, 11) is -6.30. The Hall–Kier alpha value is -2.96. The fourth-order valence-electron chi connectivity index (χ4n) is 2.25. The van der Waals surface area contributed by atoms with E-state index in [1.165, 1.54) is 37.3 Å². The van der Waals surface area contributed by atoms with Gasteiger partial charge >= 0.3 is 7.60 Å². The van der Waals surface area contributed by atoms with Gasteiger partial charge in [-0.25, -0.2) is 17.7 Å². The zero-order valence-electron chi connectivity index (χ0n) is 16.5. The van der Waals surface area contributed by atoms with Crippen LogP contribution in [0.5, 0.6) is 11.5 Å². The minimum absolute atomic E-state index is 0.0148. The molecular weight excluding hydrogens is 469 g/mol. The number of aliphatic imine (C=N–C) groups is 1. The fraction of sp³-hybridized carbons (Fsp3) is 0.111. The van der Waals surface area contributed by atoms with Crippen molar-refractivity contribution in [2.24, 2.45) is 16.5 Å². The lowest BCUT2D eigenvalue weighted by Crippen LogP contribution is -2.24. The van der Waals surface area contributed by atoms with Gasteiger partial charge in [-0.15, -0.1) is 0 Å². The summed E-state index contributed by atoms with van der Waals surface area (Å²) < 4.78 is 58.9. The molecule has 14 heteroatoms. The molecule has 0 saturated carbocycles. The second kappa shape index (κ2) is 10.6. The van der Waals surface area contributed by atoms with Gasteiger partial charge in [0.25, 0.3) is 5.91 Å². The second-order valence-corrected chi connectivity index (χ2v) is 9.24. The summed E-state index contributed by atoms with van der Waals surface area (Å²) in [5, 5.41) is 0. The number of halogens is 2. The number of nitrogens with zero attached hydrogens (tertiary/aromatic N) is 1. The molecule has 10 nitrogen and oxygen atoms in total. The summed E-state index contributed by atoms with van der Waals surface area (Å²) in [6.45, 7) is 1.37. The Kier molecular flexibility index (Phi) is 8.36. The molecule has 1 atom stereocenters. The van der Waals surface area contributed by atoms with E-state index in [0.29, 0.717) is 0 Å². The molecule has 0 spiro atoms. The van der Waals surface area contributed by atoms with Crippen molar-refractivity contribution >= 4 is 36.5 Å². The highest BCUT2D eigenvalue weighted by Gasteiger charge is 2.16. The van der Waals surface area contributed by atoms with Crippen LogP contribution in [0.25, 0.3) is 6.08 Å². The zero-order valence-corrected chi connectivity index (χ0v) is 18.2. The lowest BCUT2D eigenvalue weighted by Gasteiger charge is -2.10. The Morgan fingerprint density at radius 2 is 1.78 bits per heavy atom. The maximum Gasteiger partial charge on any atom is 0.340 e. The van der Waals surface area contributed by atoms with Crippen molar-refractivity contribution in [1.82, 2.24) is 4.72 Å². The van der Waals surface area contributed by atoms with Crippen molar-refractivity contribution in [2.45, 2.75) is 11.8 Å². The van der Waals surface area contributed by atoms with Crippen LogP contribution in [0.4, 0.5) is 8.78 Å². The number of nitrogens with one attached hydrogen (secondary N) is 1. The first-order valence-electron chi connectivity index (χ1n) is 8.65. The van der Waals surface area contributed by atoms with Gasteiger partial charge in [-0.1, -0.05) is 0 Å². The maximum absolute atomic E-state index is 14.4. The number of rotatable bonds is 8. The molecule has 0 aromatic heterocycles. The van der Waals surface area contributed by atoms with E-state index < -0.39 is 54.1 Å². The Bertz CT molecular complexity index is 1120. The van der Waals surface area contributed by atoms with Crippen LogP contribution < -0.4 is 20.9 Å². The first-order valence-corrected chi connectivity index (χ1v) is 11.6. The Balaban J connectivity index is 2.17. The van der Waals surface area contributed by atoms with Crippen molar-refractivity contribution < 1.29 is 36.9 Å². The number of guanidine groups is 1. The van der Waals surface area contributed by atoms with Crippen molar-refractivity contribution in [2.75, 3.05) is 6.29 Å². The van der Waals surface area contributed by atoms with E-state index in [1.807, 2.05) is 0 Å². The normalized spacial score (nSPS) is 12.8. The summed E-state index contributed by atoms with van der Waals surface area (Å²) in [6, 6.07) is 7.03. The van der Waals surface area contributed by atoms with Crippen LogP contribution in [0.2, 0.25) is 0 Å². The van der Waals surface area contributed by atoms with Gasteiger partial charge in [0.1, 0.15) is 23.0 Å². The van der Waals surface area contributed by atoms with Crippen LogP contribution in [0.3, 0.4) is 0 Å². The molecule has 7 N–H and O–H groups in total. The van der Waals surface area contributed by atoms with E-state index >= 15 is 0 Å². The predicted octanol–water partition coefficient (Wildman–Crippen LogP) is 1.71. The van der Waals surface area contributed by atoms with Crippen molar-refractivity contribution in [3.63, 3.8) is 0 Å². The van der Waals surface area contributed by atoms with E-state index in [9.17, 15) is 22.3 Å². The number of carbonyl (C=O) groups is 1. The Morgan fingerprint density at radius 3 is 2.28 bits per heavy atom. The molecule has 0 bridgehead atoms. The highest BCUT2D eigenvalue weighted by Crippen LogP contribution is 2.33. The summed E-state index contributed by atoms with van der Waals surface area (Å²) >= 11 is 0. The van der Waals surface area contributed by atoms with E-state index in [4.69, 9.17) is 26.0 Å². The van der Waals surface area contributed by atoms with Gasteiger partial charge in [0.15, 0.2) is 23.3 Å². The third kappa shape index (κ3) is 7.62. The van der Waals surface area contributed by atoms with E-state index in [1.54, 1.807) is 0 Å². The Labute approximate surface area is 183 Å². The molecule has 2 aromatic rings. The van der Waals surface area contributed by atoms with Gasteiger partial charge < -0.3 is 26.0 Å². The maximum atomic E-state index is 14.4. The van der Waals surface area contributed by atoms with Crippen molar-refractivity contribution in [1.29, 1.82) is 0 Å². The number of carbonyl (C=O) groups excluding carboxylic acids is 1. The van der Waals surface area contributed by atoms with Crippen LogP contribution in [0.15, 0.2) is 51.9 Å². The number of ether oxygens (including phenoxy) is 1. The third-order valence-electron chi connectivity index (χ3n) is 3.63. The molecule has 0 aliphatic carbocycles. The van der Waals surface area contributed by atoms with Crippen molar-refractivity contribution in [3.8, 4) is 11.5 Å². The molecule has 1 unspecified atom stereocenters. The average Bonchev–Trinajstić information content (AvgIpc) is 2.68. The summed E-state index contributed by atoms with van der Waals surface area (Å²) in [5.41, 5.74) is 10.3. The van der Waals surface area contributed by atoms with Crippen LogP contribution >= 0.6 is 7.60 Å². The summed E-state index contributed by atoms with van der Waals surface area (Å²) in [6.07, 6.45) is 0.408. The van der Waals surface area contributed by atoms with Crippen LogP contribution in [0, 0.1) is 11.6 Å².